The van der Waals surface area contributed by atoms with Crippen LogP contribution in [0.3, 0.4) is 0 Å². The summed E-state index contributed by atoms with van der Waals surface area (Å²) in [5, 5.41) is 0. The van der Waals surface area contributed by atoms with Crippen molar-refractivity contribution in [2.24, 2.45) is 0 Å². The van der Waals surface area contributed by atoms with Gasteiger partial charge >= 0.3 is 0 Å². The maximum Gasteiger partial charge on any atom is 0.275 e. The number of pyridine rings is 1. The SMILES string of the molecule is CCCCOc1c2n(cc(Br)c1=O)CC1(CCCOC1)N(CC)C2=O. The van der Waals surface area contributed by atoms with E-state index in [0.717, 1.165) is 32.3 Å². The summed E-state index contributed by atoms with van der Waals surface area (Å²) in [7, 11) is 0. The molecule has 1 fully saturated rings. The molecule has 2 aliphatic heterocycles. The van der Waals surface area contributed by atoms with Crippen molar-refractivity contribution in [1.82, 2.24) is 9.47 Å². The normalized spacial score (nSPS) is 23.0. The first-order valence-corrected chi connectivity index (χ1v) is 9.79. The zero-order chi connectivity index (χ0) is 18.0. The van der Waals surface area contributed by atoms with Crippen LogP contribution in [0.2, 0.25) is 0 Å². The molecule has 0 bridgehead atoms. The molecule has 3 rings (SSSR count). The molecule has 0 radical (unpaired) electrons. The molecule has 1 unspecified atom stereocenters. The van der Waals surface area contributed by atoms with Crippen LogP contribution in [0.5, 0.6) is 5.75 Å². The molecule has 0 aromatic carbocycles. The highest BCUT2D eigenvalue weighted by Gasteiger charge is 2.47. The third kappa shape index (κ3) is 3.24. The molecule has 0 saturated carbocycles. The van der Waals surface area contributed by atoms with E-state index >= 15 is 0 Å². The van der Waals surface area contributed by atoms with E-state index in [4.69, 9.17) is 9.47 Å². The summed E-state index contributed by atoms with van der Waals surface area (Å²) in [5.41, 5.74) is -0.239. The van der Waals surface area contributed by atoms with Gasteiger partial charge in [0, 0.05) is 25.9 Å². The van der Waals surface area contributed by atoms with Gasteiger partial charge in [0.2, 0.25) is 5.43 Å². The Labute approximate surface area is 156 Å². The molecule has 1 saturated heterocycles. The van der Waals surface area contributed by atoms with Gasteiger partial charge < -0.3 is 18.9 Å². The van der Waals surface area contributed by atoms with Crippen LogP contribution in [0.4, 0.5) is 0 Å². The molecule has 25 heavy (non-hydrogen) atoms. The molecule has 1 aromatic heterocycles. The summed E-state index contributed by atoms with van der Waals surface area (Å²) in [6.07, 6.45) is 5.36. The Bertz CT molecular complexity index is 710. The largest absolute Gasteiger partial charge is 0.487 e. The average molecular weight is 413 g/mol. The van der Waals surface area contributed by atoms with Crippen LogP contribution in [0.25, 0.3) is 0 Å². The first kappa shape index (κ1) is 18.5. The number of unbranched alkanes of at least 4 members (excludes halogenated alkanes) is 1. The van der Waals surface area contributed by atoms with Gasteiger partial charge in [-0.05, 0) is 42.1 Å². The number of carbonyl (C=O) groups excluding carboxylic acids is 1. The van der Waals surface area contributed by atoms with Crippen molar-refractivity contribution in [2.75, 3.05) is 26.4 Å². The van der Waals surface area contributed by atoms with Crippen molar-refractivity contribution < 1.29 is 14.3 Å². The molecule has 1 aromatic rings. The van der Waals surface area contributed by atoms with Crippen LogP contribution in [-0.2, 0) is 11.3 Å². The monoisotopic (exact) mass is 412 g/mol. The topological polar surface area (TPSA) is 60.8 Å². The zero-order valence-corrected chi connectivity index (χ0v) is 16.4. The maximum absolute atomic E-state index is 13.3. The number of hydrogen-bond acceptors (Lipinski definition) is 4. The summed E-state index contributed by atoms with van der Waals surface area (Å²) < 4.78 is 13.8. The summed E-state index contributed by atoms with van der Waals surface area (Å²) in [4.78, 5) is 27.7. The summed E-state index contributed by atoms with van der Waals surface area (Å²) in [6, 6.07) is 0. The van der Waals surface area contributed by atoms with E-state index in [-0.39, 0.29) is 22.6 Å². The smallest absolute Gasteiger partial charge is 0.275 e. The van der Waals surface area contributed by atoms with Crippen LogP contribution in [0, 0.1) is 0 Å². The number of nitrogens with zero attached hydrogens (tertiary/aromatic N) is 2. The van der Waals surface area contributed by atoms with Gasteiger partial charge in [-0.25, -0.2) is 0 Å². The highest BCUT2D eigenvalue weighted by Crippen LogP contribution is 2.36. The Morgan fingerprint density at radius 1 is 1.36 bits per heavy atom. The Morgan fingerprint density at radius 2 is 2.16 bits per heavy atom. The van der Waals surface area contributed by atoms with Crippen molar-refractivity contribution in [3.63, 3.8) is 0 Å². The number of halogens is 1. The fraction of sp³-hybridized carbons (Fsp3) is 0.667. The number of aromatic nitrogens is 1. The van der Waals surface area contributed by atoms with E-state index in [2.05, 4.69) is 22.9 Å². The van der Waals surface area contributed by atoms with Crippen molar-refractivity contribution in [3.05, 3.63) is 26.6 Å². The van der Waals surface area contributed by atoms with Crippen molar-refractivity contribution in [3.8, 4) is 5.75 Å². The third-order valence-corrected chi connectivity index (χ3v) is 5.61. The van der Waals surface area contributed by atoms with Gasteiger partial charge in [-0.1, -0.05) is 13.3 Å². The molecule has 0 N–H and O–H groups in total. The second-order valence-corrected chi connectivity index (χ2v) is 7.60. The number of rotatable bonds is 5. The molecule has 0 aliphatic carbocycles. The van der Waals surface area contributed by atoms with E-state index in [1.165, 1.54) is 0 Å². The highest BCUT2D eigenvalue weighted by atomic mass is 79.9. The molecule has 1 amide bonds. The first-order valence-electron chi connectivity index (χ1n) is 8.99. The van der Waals surface area contributed by atoms with Gasteiger partial charge in [-0.2, -0.15) is 0 Å². The standard InChI is InChI=1S/C18H25BrN2O4/c1-3-5-9-25-16-14-17(23)21(4-2)18(7-6-8-24-12-18)11-20(14)10-13(19)15(16)22/h10H,3-9,11-12H2,1-2H3. The van der Waals surface area contributed by atoms with Crippen LogP contribution >= 0.6 is 15.9 Å². The van der Waals surface area contributed by atoms with Crippen molar-refractivity contribution in [1.29, 1.82) is 0 Å². The Hall–Kier alpha value is -1.34. The lowest BCUT2D eigenvalue weighted by Crippen LogP contribution is -2.62. The number of ether oxygens (including phenoxy) is 2. The van der Waals surface area contributed by atoms with Crippen LogP contribution in [-0.4, -0.2) is 47.3 Å². The van der Waals surface area contributed by atoms with Crippen molar-refractivity contribution >= 4 is 21.8 Å². The molecular weight excluding hydrogens is 388 g/mol. The fourth-order valence-corrected chi connectivity index (χ4v) is 4.23. The number of fused-ring (bicyclic) bond motifs is 1. The van der Waals surface area contributed by atoms with Gasteiger partial charge in [0.1, 0.15) is 0 Å². The van der Waals surface area contributed by atoms with Gasteiger partial charge in [0.05, 0.1) is 23.2 Å². The predicted molar refractivity (Wildman–Crippen MR) is 98.3 cm³/mol. The summed E-state index contributed by atoms with van der Waals surface area (Å²) in [6.45, 7) is 6.93. The minimum absolute atomic E-state index is 0.143. The minimum atomic E-state index is -0.341. The number of hydrogen-bond donors (Lipinski definition) is 0. The Balaban J connectivity index is 2.07. The molecule has 1 atom stereocenters. The lowest BCUT2D eigenvalue weighted by atomic mass is 9.87. The molecule has 2 aliphatic rings. The van der Waals surface area contributed by atoms with Crippen LogP contribution in [0.1, 0.15) is 50.0 Å². The van der Waals surface area contributed by atoms with Gasteiger partial charge in [-0.3, -0.25) is 9.59 Å². The molecule has 3 heterocycles. The maximum atomic E-state index is 13.3. The first-order chi connectivity index (χ1) is 12.0. The number of likely N-dealkylation sites (N-methyl/N-ethyl adjacent to an activating group) is 1. The third-order valence-electron chi connectivity index (χ3n) is 5.04. The molecule has 138 valence electrons. The lowest BCUT2D eigenvalue weighted by molar-refractivity contribution is -0.0527. The van der Waals surface area contributed by atoms with Gasteiger partial charge in [0.15, 0.2) is 11.4 Å². The Kier molecular flexibility index (Phi) is 5.53. The minimum Gasteiger partial charge on any atom is -0.487 e. The molecule has 7 heteroatoms. The second kappa shape index (κ2) is 7.50. The average Bonchev–Trinajstić information content (AvgIpc) is 2.59. The second-order valence-electron chi connectivity index (χ2n) is 6.74. The van der Waals surface area contributed by atoms with Gasteiger partial charge in [0.25, 0.3) is 5.91 Å². The quantitative estimate of drug-likeness (QED) is 0.697. The fourth-order valence-electron chi connectivity index (χ4n) is 3.80. The van der Waals surface area contributed by atoms with E-state index in [0.29, 0.717) is 36.5 Å². The van der Waals surface area contributed by atoms with E-state index in [1.54, 1.807) is 6.20 Å². The van der Waals surface area contributed by atoms with Gasteiger partial charge in [-0.15, -0.1) is 0 Å². The Morgan fingerprint density at radius 3 is 2.80 bits per heavy atom. The van der Waals surface area contributed by atoms with E-state index < -0.39 is 0 Å². The predicted octanol–water partition coefficient (Wildman–Crippen LogP) is 2.81. The highest BCUT2D eigenvalue weighted by molar-refractivity contribution is 9.10. The molecule has 1 spiro atoms. The number of carbonyl (C=O) groups is 1. The summed E-state index contributed by atoms with van der Waals surface area (Å²) >= 11 is 3.33. The van der Waals surface area contributed by atoms with Crippen LogP contribution in [0.15, 0.2) is 15.5 Å². The molecule has 6 nitrogen and oxygen atoms in total. The zero-order valence-electron chi connectivity index (χ0n) is 14.8. The van der Waals surface area contributed by atoms with Crippen LogP contribution < -0.4 is 10.2 Å². The number of amides is 1. The summed E-state index contributed by atoms with van der Waals surface area (Å²) in [5.74, 6) is 0.0215. The van der Waals surface area contributed by atoms with E-state index in [9.17, 15) is 9.59 Å². The van der Waals surface area contributed by atoms with E-state index in [1.807, 2.05) is 16.4 Å². The molecular formula is C18H25BrN2O4. The lowest BCUT2D eigenvalue weighted by Gasteiger charge is -2.49. The van der Waals surface area contributed by atoms with Crippen molar-refractivity contribution in [2.45, 2.75) is 51.6 Å².